The SMILES string of the molecule is COc1ccc(-c2noc(CCC(=O)Nc3ccc4c(c3)CCN4C(C)=O)n2)cc1. The van der Waals surface area contributed by atoms with E-state index in [1.54, 1.807) is 18.9 Å². The van der Waals surface area contributed by atoms with Crippen molar-refractivity contribution in [3.05, 3.63) is 53.9 Å². The van der Waals surface area contributed by atoms with Crippen LogP contribution in [0.3, 0.4) is 0 Å². The van der Waals surface area contributed by atoms with E-state index < -0.39 is 0 Å². The topological polar surface area (TPSA) is 97.6 Å². The molecule has 30 heavy (non-hydrogen) atoms. The Bertz CT molecular complexity index is 1070. The zero-order valence-electron chi connectivity index (χ0n) is 16.8. The van der Waals surface area contributed by atoms with Crippen LogP contribution in [0.25, 0.3) is 11.4 Å². The van der Waals surface area contributed by atoms with Crippen molar-refractivity contribution >= 4 is 23.2 Å². The highest BCUT2D eigenvalue weighted by Gasteiger charge is 2.22. The number of ether oxygens (including phenoxy) is 1. The number of aromatic nitrogens is 2. The third-order valence-electron chi connectivity index (χ3n) is 5.02. The fourth-order valence-corrected chi connectivity index (χ4v) is 3.46. The fraction of sp³-hybridized carbons (Fsp3) is 0.273. The Morgan fingerprint density at radius 3 is 2.73 bits per heavy atom. The number of fused-ring (bicyclic) bond motifs is 1. The van der Waals surface area contributed by atoms with Crippen molar-refractivity contribution in [2.24, 2.45) is 0 Å². The molecule has 8 nitrogen and oxygen atoms in total. The van der Waals surface area contributed by atoms with Crippen molar-refractivity contribution in [3.8, 4) is 17.1 Å². The quantitative estimate of drug-likeness (QED) is 0.675. The van der Waals surface area contributed by atoms with Gasteiger partial charge < -0.3 is 19.5 Å². The van der Waals surface area contributed by atoms with Crippen LogP contribution in [0.4, 0.5) is 11.4 Å². The molecule has 8 heteroatoms. The molecule has 2 aromatic carbocycles. The Balaban J connectivity index is 1.33. The maximum absolute atomic E-state index is 12.3. The van der Waals surface area contributed by atoms with E-state index in [4.69, 9.17) is 9.26 Å². The van der Waals surface area contributed by atoms with E-state index >= 15 is 0 Å². The highest BCUT2D eigenvalue weighted by Crippen LogP contribution is 2.30. The summed E-state index contributed by atoms with van der Waals surface area (Å²) in [6.07, 6.45) is 1.35. The Morgan fingerprint density at radius 1 is 1.20 bits per heavy atom. The second kappa shape index (κ2) is 8.36. The second-order valence-corrected chi connectivity index (χ2v) is 7.05. The maximum atomic E-state index is 12.3. The lowest BCUT2D eigenvalue weighted by atomic mass is 10.1. The molecule has 0 saturated carbocycles. The van der Waals surface area contributed by atoms with Gasteiger partial charge in [0.1, 0.15) is 5.75 Å². The molecule has 0 atom stereocenters. The van der Waals surface area contributed by atoms with Gasteiger partial charge in [-0.2, -0.15) is 4.98 Å². The molecule has 1 aromatic heterocycles. The molecule has 3 aromatic rings. The van der Waals surface area contributed by atoms with E-state index in [1.807, 2.05) is 42.5 Å². The molecule has 0 bridgehead atoms. The Hall–Kier alpha value is -3.68. The number of anilines is 2. The molecule has 1 aliphatic rings. The van der Waals surface area contributed by atoms with Gasteiger partial charge in [-0.1, -0.05) is 5.16 Å². The van der Waals surface area contributed by atoms with E-state index in [0.717, 1.165) is 29.0 Å². The summed E-state index contributed by atoms with van der Waals surface area (Å²) in [4.78, 5) is 30.1. The lowest BCUT2D eigenvalue weighted by Gasteiger charge is -2.15. The first-order chi connectivity index (χ1) is 14.5. The van der Waals surface area contributed by atoms with Gasteiger partial charge in [-0.3, -0.25) is 9.59 Å². The van der Waals surface area contributed by atoms with Crippen molar-refractivity contribution in [3.63, 3.8) is 0 Å². The minimum absolute atomic E-state index is 0.0269. The average Bonchev–Trinajstić information content (AvgIpc) is 3.39. The minimum atomic E-state index is -0.138. The van der Waals surface area contributed by atoms with E-state index in [-0.39, 0.29) is 18.2 Å². The number of nitrogens with one attached hydrogen (secondary N) is 1. The van der Waals surface area contributed by atoms with Crippen LogP contribution in [0, 0.1) is 0 Å². The molecule has 2 heterocycles. The van der Waals surface area contributed by atoms with Crippen LogP contribution in [-0.4, -0.2) is 35.6 Å². The smallest absolute Gasteiger partial charge is 0.227 e. The van der Waals surface area contributed by atoms with Crippen LogP contribution < -0.4 is 15.0 Å². The van der Waals surface area contributed by atoms with E-state index in [0.29, 0.717) is 30.4 Å². The maximum Gasteiger partial charge on any atom is 0.227 e. The molecular weight excluding hydrogens is 384 g/mol. The zero-order chi connectivity index (χ0) is 21.1. The monoisotopic (exact) mass is 406 g/mol. The Labute approximate surface area is 173 Å². The molecule has 1 N–H and O–H groups in total. The summed E-state index contributed by atoms with van der Waals surface area (Å²) in [5.41, 5.74) is 3.50. The number of hydrogen-bond acceptors (Lipinski definition) is 6. The molecule has 0 aliphatic carbocycles. The lowest BCUT2D eigenvalue weighted by molar-refractivity contribution is -0.117. The highest BCUT2D eigenvalue weighted by molar-refractivity contribution is 5.95. The molecule has 0 saturated heterocycles. The molecule has 0 radical (unpaired) electrons. The Kier molecular flexibility index (Phi) is 5.47. The first kappa shape index (κ1) is 19.6. The van der Waals surface area contributed by atoms with E-state index in [2.05, 4.69) is 15.5 Å². The molecule has 2 amide bonds. The van der Waals surface area contributed by atoms with Gasteiger partial charge in [0.15, 0.2) is 0 Å². The Morgan fingerprint density at radius 2 is 2.00 bits per heavy atom. The average molecular weight is 406 g/mol. The van der Waals surface area contributed by atoms with Crippen LogP contribution in [0.1, 0.15) is 24.8 Å². The summed E-state index contributed by atoms with van der Waals surface area (Å²) in [5, 5.41) is 6.86. The molecule has 4 rings (SSSR count). The lowest BCUT2D eigenvalue weighted by Crippen LogP contribution is -2.25. The number of hydrogen-bond donors (Lipinski definition) is 1. The van der Waals surface area contributed by atoms with E-state index in [9.17, 15) is 9.59 Å². The summed E-state index contributed by atoms with van der Waals surface area (Å²) in [6.45, 7) is 2.23. The van der Waals surface area contributed by atoms with Crippen LogP contribution in [-0.2, 0) is 22.4 Å². The van der Waals surface area contributed by atoms with Crippen molar-refractivity contribution in [1.29, 1.82) is 0 Å². The van der Waals surface area contributed by atoms with Crippen LogP contribution in [0.5, 0.6) is 5.75 Å². The van der Waals surface area contributed by atoms with Crippen molar-refractivity contribution < 1.29 is 18.8 Å². The van der Waals surface area contributed by atoms with Gasteiger partial charge in [0.25, 0.3) is 0 Å². The number of benzene rings is 2. The standard InChI is InChI=1S/C22H22N4O4/c1-14(27)26-12-11-16-13-17(5-8-19(16)26)23-20(28)9-10-21-24-22(25-30-21)15-3-6-18(29-2)7-4-15/h3-8,13H,9-12H2,1-2H3,(H,23,28). The summed E-state index contributed by atoms with van der Waals surface area (Å²) in [7, 11) is 1.61. The molecule has 1 aliphatic heterocycles. The van der Waals surface area contributed by atoms with Crippen molar-refractivity contribution in [2.75, 3.05) is 23.9 Å². The van der Waals surface area contributed by atoms with Gasteiger partial charge in [0, 0.05) is 43.2 Å². The van der Waals surface area contributed by atoms with Gasteiger partial charge >= 0.3 is 0 Å². The first-order valence-corrected chi connectivity index (χ1v) is 9.71. The number of amides is 2. The summed E-state index contributed by atoms with van der Waals surface area (Å²) >= 11 is 0. The molecule has 0 spiro atoms. The predicted octanol–water partition coefficient (Wildman–Crippen LogP) is 3.23. The second-order valence-electron chi connectivity index (χ2n) is 7.05. The third kappa shape index (κ3) is 4.17. The van der Waals surface area contributed by atoms with Crippen molar-refractivity contribution in [1.82, 2.24) is 10.1 Å². The normalized spacial score (nSPS) is 12.5. The number of carbonyl (C=O) groups is 2. The number of methoxy groups -OCH3 is 1. The van der Waals surface area contributed by atoms with Gasteiger partial charge in [-0.25, -0.2) is 0 Å². The van der Waals surface area contributed by atoms with Gasteiger partial charge in [-0.15, -0.1) is 0 Å². The highest BCUT2D eigenvalue weighted by atomic mass is 16.5. The van der Waals surface area contributed by atoms with Crippen LogP contribution >= 0.6 is 0 Å². The van der Waals surface area contributed by atoms with Gasteiger partial charge in [0.2, 0.25) is 23.5 Å². The zero-order valence-corrected chi connectivity index (χ0v) is 16.8. The molecule has 154 valence electrons. The first-order valence-electron chi connectivity index (χ1n) is 9.71. The number of carbonyl (C=O) groups excluding carboxylic acids is 2. The number of aryl methyl sites for hydroxylation is 1. The van der Waals surface area contributed by atoms with E-state index in [1.165, 1.54) is 0 Å². The summed E-state index contributed by atoms with van der Waals surface area (Å²) < 4.78 is 10.4. The fourth-order valence-electron chi connectivity index (χ4n) is 3.46. The molecule has 0 fully saturated rings. The molecule has 0 unspecified atom stereocenters. The third-order valence-corrected chi connectivity index (χ3v) is 5.02. The van der Waals surface area contributed by atoms with Crippen LogP contribution in [0.15, 0.2) is 47.0 Å². The number of nitrogens with zero attached hydrogens (tertiary/aromatic N) is 3. The van der Waals surface area contributed by atoms with Gasteiger partial charge in [0.05, 0.1) is 7.11 Å². The van der Waals surface area contributed by atoms with Gasteiger partial charge in [-0.05, 0) is 54.4 Å². The summed E-state index contributed by atoms with van der Waals surface area (Å²) in [5.74, 6) is 1.52. The largest absolute Gasteiger partial charge is 0.497 e. The van der Waals surface area contributed by atoms with Crippen molar-refractivity contribution in [2.45, 2.75) is 26.2 Å². The molecular formula is C22H22N4O4. The number of rotatable bonds is 6. The summed E-state index contributed by atoms with van der Waals surface area (Å²) in [6, 6.07) is 13.0. The van der Waals surface area contributed by atoms with Crippen LogP contribution in [0.2, 0.25) is 0 Å². The minimum Gasteiger partial charge on any atom is -0.497 e. The predicted molar refractivity (Wildman–Crippen MR) is 111 cm³/mol.